The van der Waals surface area contributed by atoms with Crippen molar-refractivity contribution in [3.8, 4) is 0 Å². The summed E-state index contributed by atoms with van der Waals surface area (Å²) in [7, 11) is 0. The summed E-state index contributed by atoms with van der Waals surface area (Å²) in [6.45, 7) is 0.131. The number of rotatable bonds is 4. The molecule has 3 aromatic rings. The summed E-state index contributed by atoms with van der Waals surface area (Å²) < 4.78 is 3.41. The second kappa shape index (κ2) is 6.27. The smallest absolute Gasteiger partial charge is 0.247 e. The number of aryl methyl sites for hydroxylation is 1. The van der Waals surface area contributed by atoms with E-state index >= 15 is 0 Å². The highest BCUT2D eigenvalue weighted by molar-refractivity contribution is 5.89. The third-order valence-corrected chi connectivity index (χ3v) is 4.35. The van der Waals surface area contributed by atoms with E-state index in [1.165, 1.54) is 15.8 Å². The van der Waals surface area contributed by atoms with Crippen molar-refractivity contribution in [3.63, 3.8) is 0 Å². The molecule has 7 nitrogen and oxygen atoms in total. The van der Waals surface area contributed by atoms with Gasteiger partial charge in [0.2, 0.25) is 5.91 Å². The van der Waals surface area contributed by atoms with Gasteiger partial charge in [-0.05, 0) is 30.4 Å². The number of anilines is 1. The molecule has 0 saturated carbocycles. The number of benzene rings is 1. The van der Waals surface area contributed by atoms with Crippen LogP contribution in [0.3, 0.4) is 0 Å². The molecule has 1 N–H and O–H groups in total. The predicted octanol–water partition coefficient (Wildman–Crippen LogP) is 2.04. The van der Waals surface area contributed by atoms with Gasteiger partial charge in [0.1, 0.15) is 12.4 Å². The molecule has 4 rings (SSSR count). The maximum Gasteiger partial charge on any atom is 0.247 e. The Morgan fingerprint density at radius 3 is 3.04 bits per heavy atom. The van der Waals surface area contributed by atoms with E-state index in [2.05, 4.69) is 45.0 Å². The highest BCUT2D eigenvalue weighted by Crippen LogP contribution is 2.34. The first-order valence-corrected chi connectivity index (χ1v) is 8.06. The molecular weight excluding hydrogens is 304 g/mol. The number of carbonyl (C=O) groups excluding carboxylic acids is 1. The van der Waals surface area contributed by atoms with Crippen LogP contribution < -0.4 is 5.32 Å². The summed E-state index contributed by atoms with van der Waals surface area (Å²) in [5, 5.41) is 14.9. The van der Waals surface area contributed by atoms with E-state index in [1.54, 1.807) is 18.6 Å². The Balaban J connectivity index is 1.56. The Morgan fingerprint density at radius 1 is 1.25 bits per heavy atom. The lowest BCUT2D eigenvalue weighted by atomic mass is 9.88. The monoisotopic (exact) mass is 322 g/mol. The minimum atomic E-state index is -0.147. The molecule has 1 aliphatic carbocycles. The molecule has 0 saturated heterocycles. The number of nitrogens with zero attached hydrogens (tertiary/aromatic N) is 5. The second-order valence-electron chi connectivity index (χ2n) is 5.92. The highest BCUT2D eigenvalue weighted by atomic mass is 16.2. The molecule has 0 fully saturated rings. The highest BCUT2D eigenvalue weighted by Gasteiger charge is 2.24. The second-order valence-corrected chi connectivity index (χ2v) is 5.92. The molecule has 0 spiro atoms. The molecule has 0 aliphatic heterocycles. The molecule has 1 atom stereocenters. The molecule has 0 unspecified atom stereocenters. The van der Waals surface area contributed by atoms with Crippen molar-refractivity contribution in [1.82, 2.24) is 24.8 Å². The maximum atomic E-state index is 12.2. The lowest BCUT2D eigenvalue weighted by Crippen LogP contribution is -2.24. The lowest BCUT2D eigenvalue weighted by molar-refractivity contribution is -0.117. The molecule has 1 aromatic carbocycles. The first-order chi connectivity index (χ1) is 11.8. The van der Waals surface area contributed by atoms with Crippen molar-refractivity contribution >= 4 is 11.7 Å². The van der Waals surface area contributed by atoms with Crippen LogP contribution in [0.5, 0.6) is 0 Å². The fourth-order valence-electron chi connectivity index (χ4n) is 3.29. The largest absolute Gasteiger partial charge is 0.309 e. The zero-order valence-corrected chi connectivity index (χ0v) is 13.2. The first kappa shape index (κ1) is 14.6. The van der Waals surface area contributed by atoms with Gasteiger partial charge in [0, 0.05) is 12.3 Å². The summed E-state index contributed by atoms with van der Waals surface area (Å²) in [6.07, 6.45) is 8.17. The molecule has 0 bridgehead atoms. The summed E-state index contributed by atoms with van der Waals surface area (Å²) in [6, 6.07) is 10.5. The van der Waals surface area contributed by atoms with Gasteiger partial charge in [0.25, 0.3) is 0 Å². The van der Waals surface area contributed by atoms with Crippen molar-refractivity contribution in [2.75, 3.05) is 5.32 Å². The van der Waals surface area contributed by atoms with Crippen molar-refractivity contribution in [2.45, 2.75) is 31.8 Å². The number of aromatic nitrogens is 5. The van der Waals surface area contributed by atoms with Gasteiger partial charge < -0.3 is 5.32 Å². The Hall–Kier alpha value is -2.96. The maximum absolute atomic E-state index is 12.2. The van der Waals surface area contributed by atoms with Crippen LogP contribution in [0.2, 0.25) is 0 Å². The number of hydrogen-bond acceptors (Lipinski definition) is 4. The SMILES string of the molecule is O=C(Cn1ccnn1)Nc1ccnn1[C@H]1CCCc2ccccc21. The summed E-state index contributed by atoms with van der Waals surface area (Å²) in [5.41, 5.74) is 2.66. The van der Waals surface area contributed by atoms with Gasteiger partial charge in [0.05, 0.1) is 18.4 Å². The molecule has 122 valence electrons. The van der Waals surface area contributed by atoms with Gasteiger partial charge in [-0.2, -0.15) is 5.10 Å². The zero-order valence-electron chi connectivity index (χ0n) is 13.2. The van der Waals surface area contributed by atoms with Crippen molar-refractivity contribution in [1.29, 1.82) is 0 Å². The summed E-state index contributed by atoms with van der Waals surface area (Å²) in [5.74, 6) is 0.563. The number of fused-ring (bicyclic) bond motifs is 1. The normalized spacial score (nSPS) is 16.6. The molecule has 1 aliphatic rings. The topological polar surface area (TPSA) is 77.6 Å². The van der Waals surface area contributed by atoms with Gasteiger partial charge in [-0.25, -0.2) is 9.36 Å². The van der Waals surface area contributed by atoms with Crippen LogP contribution in [-0.2, 0) is 17.8 Å². The van der Waals surface area contributed by atoms with E-state index in [4.69, 9.17) is 0 Å². The summed E-state index contributed by atoms with van der Waals surface area (Å²) in [4.78, 5) is 12.2. The number of hydrogen-bond donors (Lipinski definition) is 1. The molecular formula is C17H18N6O. The van der Waals surface area contributed by atoms with E-state index in [0.717, 1.165) is 19.3 Å². The zero-order chi connectivity index (χ0) is 16.4. The van der Waals surface area contributed by atoms with Crippen LogP contribution in [0.25, 0.3) is 0 Å². The van der Waals surface area contributed by atoms with Gasteiger partial charge in [-0.3, -0.25) is 4.79 Å². The van der Waals surface area contributed by atoms with Crippen LogP contribution in [-0.4, -0.2) is 30.7 Å². The molecule has 0 radical (unpaired) electrons. The Labute approximate surface area is 139 Å². The average Bonchev–Trinajstić information content (AvgIpc) is 3.26. The molecule has 1 amide bonds. The van der Waals surface area contributed by atoms with Gasteiger partial charge in [-0.15, -0.1) is 5.10 Å². The van der Waals surface area contributed by atoms with Gasteiger partial charge >= 0.3 is 0 Å². The van der Waals surface area contributed by atoms with E-state index in [9.17, 15) is 4.79 Å². The number of nitrogens with one attached hydrogen (secondary N) is 1. The van der Waals surface area contributed by atoms with Gasteiger partial charge in [-0.1, -0.05) is 29.5 Å². The van der Waals surface area contributed by atoms with E-state index in [0.29, 0.717) is 5.82 Å². The first-order valence-electron chi connectivity index (χ1n) is 8.06. The van der Waals surface area contributed by atoms with Crippen LogP contribution in [0.1, 0.15) is 30.0 Å². The van der Waals surface area contributed by atoms with Gasteiger partial charge in [0.15, 0.2) is 0 Å². The molecule has 7 heteroatoms. The molecule has 2 heterocycles. The Kier molecular flexibility index (Phi) is 3.82. The van der Waals surface area contributed by atoms with Crippen molar-refractivity contribution in [2.24, 2.45) is 0 Å². The van der Waals surface area contributed by atoms with Crippen LogP contribution >= 0.6 is 0 Å². The van der Waals surface area contributed by atoms with E-state index in [1.807, 2.05) is 10.7 Å². The van der Waals surface area contributed by atoms with Crippen molar-refractivity contribution < 1.29 is 4.79 Å². The minimum Gasteiger partial charge on any atom is -0.309 e. The molecule has 24 heavy (non-hydrogen) atoms. The fraction of sp³-hybridized carbons (Fsp3) is 0.294. The van der Waals surface area contributed by atoms with Crippen LogP contribution in [0.15, 0.2) is 48.9 Å². The minimum absolute atomic E-state index is 0.131. The Morgan fingerprint density at radius 2 is 2.17 bits per heavy atom. The number of amides is 1. The standard InChI is InChI=1S/C17H18N6O/c24-17(12-22-11-10-18-21-22)20-16-8-9-19-23(16)15-7-3-5-13-4-1-2-6-14(13)15/h1-2,4,6,8-11,15H,3,5,7,12H2,(H,20,24)/t15-/m0/s1. The third-order valence-electron chi connectivity index (χ3n) is 4.35. The van der Waals surface area contributed by atoms with E-state index < -0.39 is 0 Å². The number of carbonyl (C=O) groups is 1. The average molecular weight is 322 g/mol. The third kappa shape index (κ3) is 2.80. The van der Waals surface area contributed by atoms with Crippen LogP contribution in [0, 0.1) is 0 Å². The Bertz CT molecular complexity index is 838. The predicted molar refractivity (Wildman–Crippen MR) is 88.4 cm³/mol. The van der Waals surface area contributed by atoms with E-state index in [-0.39, 0.29) is 18.5 Å². The molecule has 2 aromatic heterocycles. The fourth-order valence-corrected chi connectivity index (χ4v) is 3.29. The summed E-state index contributed by atoms with van der Waals surface area (Å²) >= 11 is 0. The quantitative estimate of drug-likeness (QED) is 0.797. The lowest BCUT2D eigenvalue weighted by Gasteiger charge is -2.27. The van der Waals surface area contributed by atoms with Crippen LogP contribution in [0.4, 0.5) is 5.82 Å². The van der Waals surface area contributed by atoms with Crippen molar-refractivity contribution in [3.05, 3.63) is 60.0 Å².